The highest BCUT2D eigenvalue weighted by atomic mass is 32.2. The molecule has 3 saturated carbocycles. The zero-order chi connectivity index (χ0) is 41.8. The Morgan fingerprint density at radius 2 is 1.56 bits per heavy atom. The van der Waals surface area contributed by atoms with Gasteiger partial charge in [0.25, 0.3) is 0 Å². The minimum atomic E-state index is -3.58. The number of hydrogen-bond acceptors (Lipinski definition) is 5. The fourth-order valence-corrected chi connectivity index (χ4v) is 16.0. The van der Waals surface area contributed by atoms with Crippen LogP contribution in [0.3, 0.4) is 0 Å². The van der Waals surface area contributed by atoms with Crippen molar-refractivity contribution < 1.29 is 17.9 Å². The number of allylic oxidation sites excluding steroid dienone is 2. The summed E-state index contributed by atoms with van der Waals surface area (Å²) in [6.07, 6.45) is 16.2. The van der Waals surface area contributed by atoms with Crippen molar-refractivity contribution in [3.63, 3.8) is 0 Å². The van der Waals surface area contributed by atoms with Gasteiger partial charge in [0, 0.05) is 31.2 Å². The summed E-state index contributed by atoms with van der Waals surface area (Å²) in [5.74, 6) is 2.24. The van der Waals surface area contributed by atoms with Gasteiger partial charge in [-0.3, -0.25) is 9.48 Å². The number of carbonyl (C=O) groups is 1. The first-order chi connectivity index (χ1) is 27.9. The Kier molecular flexibility index (Phi) is 9.75. The second kappa shape index (κ2) is 14.1. The monoisotopic (exact) mass is 820 g/mol. The molecule has 9 rings (SSSR count). The largest absolute Gasteiger partial charge is 0.497 e. The van der Waals surface area contributed by atoms with Gasteiger partial charge >= 0.3 is 0 Å². The van der Waals surface area contributed by atoms with Crippen molar-refractivity contribution >= 4 is 15.9 Å². The third-order valence-electron chi connectivity index (χ3n) is 18.0. The lowest BCUT2D eigenvalue weighted by Gasteiger charge is -2.70. The molecule has 1 aliphatic heterocycles. The van der Waals surface area contributed by atoms with E-state index in [4.69, 9.17) is 9.84 Å². The smallest absolute Gasteiger partial charge is 0.243 e. The molecule has 3 aromatic rings. The Bertz CT molecular complexity index is 2240. The van der Waals surface area contributed by atoms with Crippen molar-refractivity contribution in [1.82, 2.24) is 19.4 Å². The molecule has 1 aromatic heterocycles. The zero-order valence-corrected chi connectivity index (χ0v) is 37.8. The van der Waals surface area contributed by atoms with Gasteiger partial charge in [-0.05, 0) is 145 Å². The summed E-state index contributed by atoms with van der Waals surface area (Å²) >= 11 is 0. The maximum Gasteiger partial charge on any atom is 0.243 e. The number of nitrogens with one attached hydrogen (secondary N) is 1. The van der Waals surface area contributed by atoms with Gasteiger partial charge in [0.2, 0.25) is 15.9 Å². The van der Waals surface area contributed by atoms with Crippen LogP contribution in [0.15, 0.2) is 77.3 Å². The molecule has 1 saturated heterocycles. The summed E-state index contributed by atoms with van der Waals surface area (Å²) in [5, 5.41) is 8.88. The molecular weight excluding hydrogens is 753 g/mol. The first-order valence-corrected chi connectivity index (χ1v) is 24.1. The first-order valence-electron chi connectivity index (χ1n) is 22.6. The molecule has 7 atom stereocenters. The van der Waals surface area contributed by atoms with Crippen LogP contribution in [-0.4, -0.2) is 48.6 Å². The molecular formula is C50H68N4O4S. The van der Waals surface area contributed by atoms with Crippen molar-refractivity contribution in [3.8, 4) is 5.75 Å². The normalized spacial score (nSPS) is 35.2. The summed E-state index contributed by atoms with van der Waals surface area (Å²) in [7, 11) is -1.99. The highest BCUT2D eigenvalue weighted by molar-refractivity contribution is 7.89. The number of amides is 1. The van der Waals surface area contributed by atoms with E-state index in [-0.39, 0.29) is 50.4 Å². The van der Waals surface area contributed by atoms with Crippen molar-refractivity contribution in [3.05, 3.63) is 89.3 Å². The molecule has 1 amide bonds. The fourth-order valence-electron chi connectivity index (χ4n) is 14.5. The number of rotatable bonds is 7. The van der Waals surface area contributed by atoms with Crippen LogP contribution in [-0.2, 0) is 33.2 Å². The Hall–Kier alpha value is -3.43. The van der Waals surface area contributed by atoms with Crippen molar-refractivity contribution in [2.75, 3.05) is 20.2 Å². The second-order valence-corrected chi connectivity index (χ2v) is 23.7. The van der Waals surface area contributed by atoms with Crippen LogP contribution < -0.4 is 10.1 Å². The Labute approximate surface area is 354 Å². The number of fused-ring (bicyclic) bond motifs is 8. The summed E-state index contributed by atoms with van der Waals surface area (Å²) in [6, 6.07) is 17.3. The summed E-state index contributed by atoms with van der Waals surface area (Å²) < 4.78 is 36.2. The molecule has 0 radical (unpaired) electrons. The number of ether oxygens (including phenoxy) is 1. The van der Waals surface area contributed by atoms with Gasteiger partial charge < -0.3 is 10.1 Å². The number of nitrogens with zero attached hydrogens (tertiary/aromatic N) is 3. The zero-order valence-electron chi connectivity index (χ0n) is 36.9. The highest BCUT2D eigenvalue weighted by Crippen LogP contribution is 2.75. The predicted octanol–water partition coefficient (Wildman–Crippen LogP) is 10.0. The third kappa shape index (κ3) is 6.23. The van der Waals surface area contributed by atoms with Crippen molar-refractivity contribution in [2.24, 2.45) is 44.8 Å². The average Bonchev–Trinajstić information content (AvgIpc) is 3.65. The van der Waals surface area contributed by atoms with Crippen molar-refractivity contribution in [1.29, 1.82) is 0 Å². The molecule has 318 valence electrons. The second-order valence-electron chi connectivity index (χ2n) is 21.7. The van der Waals surface area contributed by atoms with E-state index in [0.717, 1.165) is 63.4 Å². The van der Waals surface area contributed by atoms with Gasteiger partial charge in [0.15, 0.2) is 0 Å². The molecule has 0 bridgehead atoms. The molecule has 9 heteroatoms. The van der Waals surface area contributed by atoms with E-state index in [1.54, 1.807) is 41.3 Å². The van der Waals surface area contributed by atoms with E-state index < -0.39 is 10.0 Å². The number of methoxy groups -OCH3 is 1. The van der Waals surface area contributed by atoms with Gasteiger partial charge in [-0.2, -0.15) is 9.40 Å². The lowest BCUT2D eigenvalue weighted by molar-refractivity contribution is -0.167. The van der Waals surface area contributed by atoms with Gasteiger partial charge in [-0.25, -0.2) is 8.42 Å². The molecule has 2 aromatic carbocycles. The maximum atomic E-state index is 14.6. The molecule has 0 spiro atoms. The number of hydrogen-bond donors (Lipinski definition) is 1. The van der Waals surface area contributed by atoms with Gasteiger partial charge in [-0.1, -0.05) is 90.4 Å². The molecule has 59 heavy (non-hydrogen) atoms. The summed E-state index contributed by atoms with van der Waals surface area (Å²) in [4.78, 5) is 14.9. The van der Waals surface area contributed by atoms with E-state index in [1.165, 1.54) is 24.1 Å². The fraction of sp³-hybridized carbons (Fsp3) is 0.640. The topological polar surface area (TPSA) is 93.5 Å². The number of aromatic nitrogens is 2. The standard InChI is InChI=1S/C50H68N4O4S/c1-45(2)24-26-50(44(55)51-32-34-12-10-9-11-13-34)27-25-48(6)39(40(50)31-45)18-19-42-47(5)30-35-33-54(52-43(35)46(3,4)41(47)20-23-49(42,48)7)36-21-28-53(29-22-36)59(56,57)38-16-14-37(58-8)15-17-38/h9-18,33,36,40-42H,19-32H2,1-8H3,(H,51,55)/t40?,41?,42?,47-,48+,49+,50-/m0/s1. The van der Waals surface area contributed by atoms with Crippen LogP contribution in [0.1, 0.15) is 136 Å². The van der Waals surface area contributed by atoms with Gasteiger partial charge in [0.1, 0.15) is 5.75 Å². The quantitative estimate of drug-likeness (QED) is 0.240. The van der Waals surface area contributed by atoms with Crippen LogP contribution >= 0.6 is 0 Å². The number of piperidine rings is 1. The maximum absolute atomic E-state index is 14.6. The van der Waals surface area contributed by atoms with E-state index >= 15 is 0 Å². The van der Waals surface area contributed by atoms with Crippen LogP contribution in [0.25, 0.3) is 0 Å². The average molecular weight is 821 g/mol. The number of carbonyl (C=O) groups excluding carboxylic acids is 1. The molecule has 8 nitrogen and oxygen atoms in total. The highest BCUT2D eigenvalue weighted by Gasteiger charge is 2.69. The van der Waals surface area contributed by atoms with Gasteiger partial charge in [0.05, 0.1) is 29.2 Å². The lowest BCUT2D eigenvalue weighted by Crippen LogP contribution is -2.65. The molecule has 6 aliphatic rings. The van der Waals surface area contributed by atoms with Crippen molar-refractivity contribution in [2.45, 2.75) is 142 Å². The predicted molar refractivity (Wildman–Crippen MR) is 233 cm³/mol. The molecule has 4 fully saturated rings. The Morgan fingerprint density at radius 3 is 2.25 bits per heavy atom. The molecule has 5 aliphatic carbocycles. The third-order valence-corrected chi connectivity index (χ3v) is 19.9. The Morgan fingerprint density at radius 1 is 0.864 bits per heavy atom. The van der Waals surface area contributed by atoms with E-state index in [1.807, 2.05) is 6.07 Å². The number of sulfonamides is 1. The minimum Gasteiger partial charge on any atom is -0.497 e. The Balaban J connectivity index is 0.977. The van der Waals surface area contributed by atoms with Crippen LogP contribution in [0.5, 0.6) is 5.75 Å². The van der Waals surface area contributed by atoms with E-state index in [9.17, 15) is 13.2 Å². The van der Waals surface area contributed by atoms with E-state index in [0.29, 0.717) is 42.1 Å². The van der Waals surface area contributed by atoms with Crippen LogP contribution in [0.2, 0.25) is 0 Å². The van der Waals surface area contributed by atoms with Gasteiger partial charge in [-0.15, -0.1) is 0 Å². The SMILES string of the molecule is COc1ccc(S(=O)(=O)N2CCC(n3cc4c(n3)C(C)(C)C3CC[C@]5(C)C(CC=C6C7CC(C)(C)CC[C@]7(C(=O)NCc7ccccc7)CC[C@]65C)[C@@]3(C)C4)CC2)cc1. The summed E-state index contributed by atoms with van der Waals surface area (Å²) in [5.41, 5.74) is 5.47. The molecule has 1 N–H and O–H groups in total. The minimum absolute atomic E-state index is 0.0416. The van der Waals surface area contributed by atoms with Crippen LogP contribution in [0.4, 0.5) is 0 Å². The number of benzene rings is 2. The molecule has 2 heterocycles. The van der Waals surface area contributed by atoms with E-state index in [2.05, 4.69) is 95.0 Å². The lowest BCUT2D eigenvalue weighted by atomic mass is 9.33. The first kappa shape index (κ1) is 40.9. The molecule has 3 unspecified atom stereocenters. The van der Waals surface area contributed by atoms with Crippen LogP contribution in [0, 0.1) is 44.8 Å². The summed E-state index contributed by atoms with van der Waals surface area (Å²) in [6.45, 7) is 19.2.